The molecule has 0 spiro atoms. The summed E-state index contributed by atoms with van der Waals surface area (Å²) in [5, 5.41) is 12.8. The minimum atomic E-state index is 0.329. The molecule has 0 aliphatic heterocycles. The summed E-state index contributed by atoms with van der Waals surface area (Å²) < 4.78 is 2.34. The molecule has 0 unspecified atom stereocenters. The molecular formula is C9H6BrN5. The highest BCUT2D eigenvalue weighted by molar-refractivity contribution is 9.10. The van der Waals surface area contributed by atoms with Gasteiger partial charge in [-0.2, -0.15) is 10.4 Å². The molecule has 15 heavy (non-hydrogen) atoms. The summed E-state index contributed by atoms with van der Waals surface area (Å²) in [4.78, 5) is 4.07. The minimum Gasteiger partial charge on any atom is -0.395 e. The van der Waals surface area contributed by atoms with Crippen molar-refractivity contribution in [2.75, 3.05) is 5.73 Å². The molecule has 0 aromatic carbocycles. The Morgan fingerprint density at radius 1 is 1.53 bits per heavy atom. The standard InChI is InChI=1S/C9H6BrN5/c10-7-4-14-15(5-7)9-8(12)6(3-11)1-2-13-9/h1-2,4-5H,12H2. The van der Waals surface area contributed by atoms with Gasteiger partial charge in [0, 0.05) is 12.4 Å². The van der Waals surface area contributed by atoms with Crippen molar-refractivity contribution in [2.45, 2.75) is 0 Å². The summed E-state index contributed by atoms with van der Waals surface area (Å²) in [5.74, 6) is 0.458. The number of hydrogen-bond acceptors (Lipinski definition) is 4. The van der Waals surface area contributed by atoms with Crippen molar-refractivity contribution in [1.29, 1.82) is 5.26 Å². The van der Waals surface area contributed by atoms with Gasteiger partial charge in [-0.1, -0.05) is 0 Å². The van der Waals surface area contributed by atoms with E-state index >= 15 is 0 Å². The zero-order valence-corrected chi connectivity index (χ0v) is 9.14. The van der Waals surface area contributed by atoms with E-state index in [2.05, 4.69) is 26.0 Å². The second kappa shape index (κ2) is 3.71. The lowest BCUT2D eigenvalue weighted by Gasteiger charge is -2.04. The van der Waals surface area contributed by atoms with Gasteiger partial charge in [-0.05, 0) is 22.0 Å². The molecule has 0 aliphatic carbocycles. The Bertz CT molecular complexity index is 540. The molecule has 0 amide bonds. The maximum absolute atomic E-state index is 8.80. The molecule has 74 valence electrons. The van der Waals surface area contributed by atoms with Crippen molar-refractivity contribution in [3.63, 3.8) is 0 Å². The molecule has 0 fully saturated rings. The Morgan fingerprint density at radius 3 is 2.93 bits per heavy atom. The van der Waals surface area contributed by atoms with Gasteiger partial charge in [0.15, 0.2) is 5.82 Å². The average molecular weight is 264 g/mol. The van der Waals surface area contributed by atoms with Crippen LogP contribution in [0.4, 0.5) is 5.69 Å². The molecule has 2 aromatic heterocycles. The highest BCUT2D eigenvalue weighted by Gasteiger charge is 2.08. The number of pyridine rings is 1. The molecule has 0 atom stereocenters. The van der Waals surface area contributed by atoms with Gasteiger partial charge in [-0.3, -0.25) is 0 Å². The van der Waals surface area contributed by atoms with Gasteiger partial charge in [0.2, 0.25) is 0 Å². The highest BCUT2D eigenvalue weighted by Crippen LogP contribution is 2.19. The summed E-state index contributed by atoms with van der Waals surface area (Å²) >= 11 is 3.27. The van der Waals surface area contributed by atoms with Gasteiger partial charge >= 0.3 is 0 Å². The van der Waals surface area contributed by atoms with Crippen LogP contribution in [0.1, 0.15) is 5.56 Å². The molecule has 2 N–H and O–H groups in total. The van der Waals surface area contributed by atoms with Crippen molar-refractivity contribution < 1.29 is 0 Å². The predicted octanol–water partition coefficient (Wildman–Crippen LogP) is 1.48. The van der Waals surface area contributed by atoms with Crippen molar-refractivity contribution in [2.24, 2.45) is 0 Å². The van der Waals surface area contributed by atoms with Gasteiger partial charge in [-0.15, -0.1) is 0 Å². The quantitative estimate of drug-likeness (QED) is 0.845. The van der Waals surface area contributed by atoms with E-state index < -0.39 is 0 Å². The van der Waals surface area contributed by atoms with Gasteiger partial charge in [0.1, 0.15) is 6.07 Å². The molecule has 6 heteroatoms. The van der Waals surface area contributed by atoms with E-state index in [0.29, 0.717) is 17.1 Å². The van der Waals surface area contributed by atoms with Crippen LogP contribution < -0.4 is 5.73 Å². The fourth-order valence-electron chi connectivity index (χ4n) is 1.16. The third-order valence-electron chi connectivity index (χ3n) is 1.86. The molecule has 0 bridgehead atoms. The van der Waals surface area contributed by atoms with Crippen molar-refractivity contribution >= 4 is 21.6 Å². The zero-order chi connectivity index (χ0) is 10.8. The third kappa shape index (κ3) is 1.69. The molecule has 0 saturated carbocycles. The number of halogens is 1. The molecular weight excluding hydrogens is 258 g/mol. The number of nitrogens with zero attached hydrogens (tertiary/aromatic N) is 4. The first-order chi connectivity index (χ1) is 7.22. The van der Waals surface area contributed by atoms with E-state index in [4.69, 9.17) is 11.0 Å². The summed E-state index contributed by atoms with van der Waals surface area (Å²) in [6.45, 7) is 0. The first-order valence-corrected chi connectivity index (χ1v) is 4.87. The fraction of sp³-hybridized carbons (Fsp3) is 0. The normalized spacial score (nSPS) is 9.87. The van der Waals surface area contributed by atoms with Crippen molar-refractivity contribution in [1.82, 2.24) is 14.8 Å². The number of rotatable bonds is 1. The molecule has 0 radical (unpaired) electrons. The number of hydrogen-bond donors (Lipinski definition) is 1. The van der Waals surface area contributed by atoms with Crippen molar-refractivity contribution in [3.8, 4) is 11.9 Å². The first-order valence-electron chi connectivity index (χ1n) is 4.07. The summed E-state index contributed by atoms with van der Waals surface area (Å²) in [7, 11) is 0. The largest absolute Gasteiger partial charge is 0.395 e. The zero-order valence-electron chi connectivity index (χ0n) is 7.55. The lowest BCUT2D eigenvalue weighted by atomic mass is 10.2. The van der Waals surface area contributed by atoms with Crippen LogP contribution in [0.5, 0.6) is 0 Å². The summed E-state index contributed by atoms with van der Waals surface area (Å²) in [5.41, 5.74) is 6.50. The van der Waals surface area contributed by atoms with Crippen LogP contribution >= 0.6 is 15.9 Å². The monoisotopic (exact) mass is 263 g/mol. The van der Waals surface area contributed by atoms with E-state index in [-0.39, 0.29) is 0 Å². The third-order valence-corrected chi connectivity index (χ3v) is 2.27. The van der Waals surface area contributed by atoms with Crippen LogP contribution in [0.3, 0.4) is 0 Å². The number of aromatic nitrogens is 3. The highest BCUT2D eigenvalue weighted by atomic mass is 79.9. The molecule has 2 heterocycles. The second-order valence-corrected chi connectivity index (χ2v) is 3.73. The first kappa shape index (κ1) is 9.68. The van der Waals surface area contributed by atoms with Crippen LogP contribution in [0.2, 0.25) is 0 Å². The van der Waals surface area contributed by atoms with Crippen LogP contribution in [-0.2, 0) is 0 Å². The maximum Gasteiger partial charge on any atom is 0.177 e. The van der Waals surface area contributed by atoms with Crippen LogP contribution in [0.25, 0.3) is 5.82 Å². The summed E-state index contributed by atoms with van der Waals surface area (Å²) in [6, 6.07) is 3.56. The van der Waals surface area contributed by atoms with Crippen LogP contribution in [0, 0.1) is 11.3 Å². The Hall–Kier alpha value is -1.87. The fourth-order valence-corrected chi connectivity index (χ4v) is 1.44. The second-order valence-electron chi connectivity index (χ2n) is 2.81. The van der Waals surface area contributed by atoms with E-state index in [9.17, 15) is 0 Å². The molecule has 5 nitrogen and oxygen atoms in total. The molecule has 2 aromatic rings. The number of nitrogen functional groups attached to an aromatic ring is 1. The Morgan fingerprint density at radius 2 is 2.33 bits per heavy atom. The van der Waals surface area contributed by atoms with Crippen molar-refractivity contribution in [3.05, 3.63) is 34.7 Å². The molecule has 2 rings (SSSR count). The summed E-state index contributed by atoms with van der Waals surface area (Å²) in [6.07, 6.45) is 4.87. The Labute approximate surface area is 94.3 Å². The Balaban J connectivity index is 2.59. The van der Waals surface area contributed by atoms with Gasteiger partial charge in [0.25, 0.3) is 0 Å². The van der Waals surface area contributed by atoms with Gasteiger partial charge in [-0.25, -0.2) is 9.67 Å². The molecule has 0 aliphatic rings. The van der Waals surface area contributed by atoms with E-state index in [1.165, 1.54) is 10.9 Å². The number of nitrogens with two attached hydrogens (primary N) is 1. The van der Waals surface area contributed by atoms with E-state index in [1.807, 2.05) is 6.07 Å². The number of anilines is 1. The minimum absolute atomic E-state index is 0.329. The SMILES string of the molecule is N#Cc1ccnc(-n2cc(Br)cn2)c1N. The average Bonchev–Trinajstić information content (AvgIpc) is 2.65. The van der Waals surface area contributed by atoms with Crippen LogP contribution in [0.15, 0.2) is 29.1 Å². The van der Waals surface area contributed by atoms with E-state index in [0.717, 1.165) is 4.47 Å². The lowest BCUT2D eigenvalue weighted by Crippen LogP contribution is -2.04. The maximum atomic E-state index is 8.80. The topological polar surface area (TPSA) is 80.5 Å². The molecule has 0 saturated heterocycles. The van der Waals surface area contributed by atoms with Crippen LogP contribution in [-0.4, -0.2) is 14.8 Å². The Kier molecular flexibility index (Phi) is 2.39. The van der Waals surface area contributed by atoms with Gasteiger partial charge < -0.3 is 5.73 Å². The van der Waals surface area contributed by atoms with E-state index in [1.54, 1.807) is 18.5 Å². The smallest absolute Gasteiger partial charge is 0.177 e. The lowest BCUT2D eigenvalue weighted by molar-refractivity contribution is 0.849. The van der Waals surface area contributed by atoms with Gasteiger partial charge in [0.05, 0.1) is 21.9 Å². The number of nitriles is 1. The predicted molar refractivity (Wildman–Crippen MR) is 58.2 cm³/mol.